The molecule has 2 aromatic carbocycles. The summed E-state index contributed by atoms with van der Waals surface area (Å²) in [5.41, 5.74) is 2.75. The Balaban J connectivity index is 1.48. The van der Waals surface area contributed by atoms with Crippen molar-refractivity contribution in [2.24, 2.45) is 0 Å². The number of amides is 3. The number of rotatable bonds is 3. The van der Waals surface area contributed by atoms with Gasteiger partial charge >= 0.3 is 6.03 Å². The molecule has 0 radical (unpaired) electrons. The molecule has 0 spiro atoms. The maximum Gasteiger partial charge on any atom is 0.321 e. The number of anilines is 1. The van der Waals surface area contributed by atoms with Crippen LogP contribution in [0, 0.1) is 0 Å². The molecule has 1 fully saturated rings. The van der Waals surface area contributed by atoms with E-state index in [2.05, 4.69) is 31.4 Å². The molecule has 2 aromatic rings. The first-order valence-electron chi connectivity index (χ1n) is 9.85. The van der Waals surface area contributed by atoms with Gasteiger partial charge in [-0.25, -0.2) is 4.79 Å². The van der Waals surface area contributed by atoms with Crippen LogP contribution in [0.25, 0.3) is 0 Å². The van der Waals surface area contributed by atoms with Crippen molar-refractivity contribution >= 4 is 17.6 Å². The van der Waals surface area contributed by atoms with Gasteiger partial charge in [0.2, 0.25) is 0 Å². The summed E-state index contributed by atoms with van der Waals surface area (Å²) >= 11 is 0. The second-order valence-electron chi connectivity index (χ2n) is 8.36. The number of nitrogens with zero attached hydrogens (tertiary/aromatic N) is 1. The minimum Gasteiger partial charge on any atom is -0.349 e. The molecule has 1 aliphatic heterocycles. The molecule has 0 aliphatic carbocycles. The fourth-order valence-electron chi connectivity index (χ4n) is 3.34. The first-order valence-corrected chi connectivity index (χ1v) is 9.85. The zero-order valence-corrected chi connectivity index (χ0v) is 16.9. The minimum atomic E-state index is -0.0891. The molecule has 1 saturated heterocycles. The van der Waals surface area contributed by atoms with Crippen molar-refractivity contribution in [2.75, 3.05) is 18.4 Å². The van der Waals surface area contributed by atoms with Crippen molar-refractivity contribution < 1.29 is 9.59 Å². The molecule has 5 heteroatoms. The molecule has 0 atom stereocenters. The molecule has 2 N–H and O–H groups in total. The Morgan fingerprint density at radius 1 is 0.929 bits per heavy atom. The number of piperidine rings is 1. The van der Waals surface area contributed by atoms with Gasteiger partial charge in [0.25, 0.3) is 5.91 Å². The molecule has 5 nitrogen and oxygen atoms in total. The van der Waals surface area contributed by atoms with E-state index in [0.717, 1.165) is 18.5 Å². The standard InChI is InChI=1S/C23H29N3O2/c1-23(2,3)18-11-9-17(10-12-18)21(27)24-20-13-15-26(16-14-20)22(28)25-19-7-5-4-6-8-19/h4-12,20H,13-16H2,1-3H3,(H,24,27)(H,25,28). The second kappa shape index (κ2) is 8.46. The van der Waals surface area contributed by atoms with E-state index in [1.165, 1.54) is 5.56 Å². The number of carbonyl (C=O) groups excluding carboxylic acids is 2. The lowest BCUT2D eigenvalue weighted by molar-refractivity contribution is 0.0919. The van der Waals surface area contributed by atoms with Gasteiger partial charge in [-0.1, -0.05) is 51.1 Å². The lowest BCUT2D eigenvalue weighted by atomic mass is 9.86. The first kappa shape index (κ1) is 19.9. The fraction of sp³-hybridized carbons (Fsp3) is 0.391. The Labute approximate surface area is 167 Å². The van der Waals surface area contributed by atoms with E-state index in [9.17, 15) is 9.59 Å². The van der Waals surface area contributed by atoms with Gasteiger partial charge in [0, 0.05) is 30.4 Å². The highest BCUT2D eigenvalue weighted by atomic mass is 16.2. The molecule has 0 saturated carbocycles. The zero-order valence-electron chi connectivity index (χ0n) is 16.9. The Morgan fingerprint density at radius 2 is 1.54 bits per heavy atom. The van der Waals surface area contributed by atoms with Gasteiger partial charge in [0.1, 0.15) is 0 Å². The van der Waals surface area contributed by atoms with Crippen LogP contribution in [0.3, 0.4) is 0 Å². The zero-order chi connectivity index (χ0) is 20.1. The van der Waals surface area contributed by atoms with E-state index in [4.69, 9.17) is 0 Å². The maximum absolute atomic E-state index is 12.5. The maximum atomic E-state index is 12.5. The van der Waals surface area contributed by atoms with Crippen molar-refractivity contribution in [3.8, 4) is 0 Å². The van der Waals surface area contributed by atoms with Gasteiger partial charge in [-0.2, -0.15) is 0 Å². The highest BCUT2D eigenvalue weighted by Gasteiger charge is 2.24. The summed E-state index contributed by atoms with van der Waals surface area (Å²) in [6.45, 7) is 7.73. The molecule has 3 amide bonds. The average Bonchev–Trinajstić information content (AvgIpc) is 2.68. The van der Waals surface area contributed by atoms with Gasteiger partial charge in [-0.3, -0.25) is 4.79 Å². The fourth-order valence-corrected chi connectivity index (χ4v) is 3.34. The lowest BCUT2D eigenvalue weighted by Gasteiger charge is -2.32. The molecule has 0 aromatic heterocycles. The third-order valence-corrected chi connectivity index (χ3v) is 5.16. The van der Waals surface area contributed by atoms with Crippen molar-refractivity contribution in [2.45, 2.75) is 45.1 Å². The van der Waals surface area contributed by atoms with E-state index in [-0.39, 0.29) is 23.4 Å². The summed E-state index contributed by atoms with van der Waals surface area (Å²) in [5, 5.41) is 6.02. The van der Waals surface area contributed by atoms with Crippen molar-refractivity contribution in [3.05, 3.63) is 65.7 Å². The molecule has 0 unspecified atom stereocenters. The normalized spacial score (nSPS) is 15.2. The molecule has 0 bridgehead atoms. The van der Waals surface area contributed by atoms with Crippen LogP contribution in [0.2, 0.25) is 0 Å². The highest BCUT2D eigenvalue weighted by Crippen LogP contribution is 2.22. The summed E-state index contributed by atoms with van der Waals surface area (Å²) in [6.07, 6.45) is 1.52. The molecule has 1 heterocycles. The first-order chi connectivity index (χ1) is 13.3. The van der Waals surface area contributed by atoms with Crippen molar-refractivity contribution in [1.82, 2.24) is 10.2 Å². The molecular weight excluding hydrogens is 350 g/mol. The Hall–Kier alpha value is -2.82. The lowest BCUT2D eigenvalue weighted by Crippen LogP contribution is -2.47. The number of nitrogens with one attached hydrogen (secondary N) is 2. The van der Waals surface area contributed by atoms with E-state index in [1.54, 1.807) is 4.90 Å². The van der Waals surface area contributed by atoms with Gasteiger partial charge in [-0.15, -0.1) is 0 Å². The third kappa shape index (κ3) is 5.12. The molecule has 3 rings (SSSR count). The smallest absolute Gasteiger partial charge is 0.321 e. The molecule has 1 aliphatic rings. The third-order valence-electron chi connectivity index (χ3n) is 5.16. The van der Waals surface area contributed by atoms with Crippen LogP contribution in [-0.2, 0) is 5.41 Å². The number of benzene rings is 2. The van der Waals surface area contributed by atoms with Crippen LogP contribution in [0.4, 0.5) is 10.5 Å². The number of hydrogen-bond donors (Lipinski definition) is 2. The van der Waals surface area contributed by atoms with Gasteiger partial charge in [0.15, 0.2) is 0 Å². The van der Waals surface area contributed by atoms with Crippen LogP contribution in [-0.4, -0.2) is 36.0 Å². The van der Waals surface area contributed by atoms with Crippen LogP contribution >= 0.6 is 0 Å². The monoisotopic (exact) mass is 379 g/mol. The number of urea groups is 1. The topological polar surface area (TPSA) is 61.4 Å². The summed E-state index contributed by atoms with van der Waals surface area (Å²) in [5.74, 6) is -0.0485. The minimum absolute atomic E-state index is 0.0485. The average molecular weight is 380 g/mol. The predicted octanol–water partition coefficient (Wildman–Crippen LogP) is 4.41. The van der Waals surface area contributed by atoms with Gasteiger partial charge in [0.05, 0.1) is 0 Å². The van der Waals surface area contributed by atoms with Crippen molar-refractivity contribution in [1.29, 1.82) is 0 Å². The highest BCUT2D eigenvalue weighted by molar-refractivity contribution is 5.94. The summed E-state index contributed by atoms with van der Waals surface area (Å²) in [7, 11) is 0. The van der Waals surface area contributed by atoms with E-state index < -0.39 is 0 Å². The largest absolute Gasteiger partial charge is 0.349 e. The van der Waals surface area contributed by atoms with Gasteiger partial charge < -0.3 is 15.5 Å². The number of para-hydroxylation sites is 1. The van der Waals surface area contributed by atoms with Crippen molar-refractivity contribution in [3.63, 3.8) is 0 Å². The molecule has 148 valence electrons. The summed E-state index contributed by atoms with van der Waals surface area (Å²) in [6, 6.07) is 17.3. The number of hydrogen-bond acceptors (Lipinski definition) is 2. The second-order valence-corrected chi connectivity index (χ2v) is 8.36. The van der Waals surface area contributed by atoms with Crippen LogP contribution in [0.1, 0.15) is 49.5 Å². The SMILES string of the molecule is CC(C)(C)c1ccc(C(=O)NC2CCN(C(=O)Nc3ccccc3)CC2)cc1. The van der Waals surface area contributed by atoms with Crippen LogP contribution in [0.15, 0.2) is 54.6 Å². The van der Waals surface area contributed by atoms with E-state index >= 15 is 0 Å². The van der Waals surface area contributed by atoms with Gasteiger partial charge in [-0.05, 0) is 48.1 Å². The Morgan fingerprint density at radius 3 is 2.11 bits per heavy atom. The Kier molecular flexibility index (Phi) is 6.02. The summed E-state index contributed by atoms with van der Waals surface area (Å²) in [4.78, 5) is 26.7. The summed E-state index contributed by atoms with van der Waals surface area (Å²) < 4.78 is 0. The van der Waals surface area contributed by atoms with E-state index in [1.807, 2.05) is 54.6 Å². The molecular formula is C23H29N3O2. The number of carbonyl (C=O) groups is 2. The predicted molar refractivity (Wildman–Crippen MR) is 113 cm³/mol. The van der Waals surface area contributed by atoms with E-state index in [0.29, 0.717) is 18.7 Å². The van der Waals surface area contributed by atoms with Crippen LogP contribution in [0.5, 0.6) is 0 Å². The number of likely N-dealkylation sites (tertiary alicyclic amines) is 1. The quantitative estimate of drug-likeness (QED) is 0.830. The van der Waals surface area contributed by atoms with Crippen LogP contribution < -0.4 is 10.6 Å². The molecule has 28 heavy (non-hydrogen) atoms. The Bertz CT molecular complexity index is 802.